The molecular weight excluding hydrogens is 270 g/mol. The third kappa shape index (κ3) is 3.67. The highest BCUT2D eigenvalue weighted by molar-refractivity contribution is 7.14. The lowest BCUT2D eigenvalue weighted by atomic mass is 10.2. The van der Waals surface area contributed by atoms with Crippen molar-refractivity contribution in [3.8, 4) is 11.8 Å². The Bertz CT molecular complexity index is 640. The molecule has 2 N–H and O–H groups in total. The van der Waals surface area contributed by atoms with Gasteiger partial charge in [0.25, 0.3) is 5.91 Å². The number of amides is 1. The number of aromatic nitrogens is 1. The Morgan fingerprint density at radius 1 is 1.45 bits per heavy atom. The minimum absolute atomic E-state index is 0.0142. The van der Waals surface area contributed by atoms with Crippen LogP contribution in [0, 0.1) is 11.8 Å². The Balaban J connectivity index is 2.05. The summed E-state index contributed by atoms with van der Waals surface area (Å²) in [6.07, 6.45) is 3.48. The summed E-state index contributed by atoms with van der Waals surface area (Å²) in [7, 11) is 1.78. The number of nitrogens with two attached hydrogens (primary N) is 1. The molecular formula is C15H15N3OS. The Morgan fingerprint density at radius 3 is 3.00 bits per heavy atom. The van der Waals surface area contributed by atoms with Gasteiger partial charge < -0.3 is 10.6 Å². The van der Waals surface area contributed by atoms with Crippen LogP contribution in [-0.2, 0) is 6.54 Å². The van der Waals surface area contributed by atoms with Gasteiger partial charge in [-0.1, -0.05) is 17.9 Å². The van der Waals surface area contributed by atoms with Crippen molar-refractivity contribution in [2.45, 2.75) is 6.54 Å². The van der Waals surface area contributed by atoms with Crippen molar-refractivity contribution in [3.05, 3.63) is 52.0 Å². The highest BCUT2D eigenvalue weighted by atomic mass is 32.1. The standard InChI is InChI=1S/C15H15N3OS/c1-18(11-12-4-3-9-17-10-12)15(19)14-7-6-13(20-14)5-2-8-16/h3-4,6-7,9-10H,8,11,16H2,1H3. The van der Waals surface area contributed by atoms with Gasteiger partial charge in [-0.3, -0.25) is 9.78 Å². The molecule has 2 aromatic rings. The van der Waals surface area contributed by atoms with E-state index in [4.69, 9.17) is 5.73 Å². The molecule has 0 aliphatic heterocycles. The van der Waals surface area contributed by atoms with Gasteiger partial charge in [0, 0.05) is 26.0 Å². The number of rotatable bonds is 3. The second-order valence-corrected chi connectivity index (χ2v) is 5.28. The van der Waals surface area contributed by atoms with E-state index in [2.05, 4.69) is 16.8 Å². The van der Waals surface area contributed by atoms with E-state index < -0.39 is 0 Å². The normalized spacial score (nSPS) is 9.70. The summed E-state index contributed by atoms with van der Waals surface area (Å²) in [6.45, 7) is 0.858. The van der Waals surface area contributed by atoms with Crippen molar-refractivity contribution in [3.63, 3.8) is 0 Å². The van der Waals surface area contributed by atoms with Crippen LogP contribution in [0.5, 0.6) is 0 Å². The van der Waals surface area contributed by atoms with Gasteiger partial charge in [-0.05, 0) is 23.8 Å². The van der Waals surface area contributed by atoms with Crippen molar-refractivity contribution in [2.24, 2.45) is 5.73 Å². The molecule has 5 heteroatoms. The Morgan fingerprint density at radius 2 is 2.30 bits per heavy atom. The molecule has 2 heterocycles. The monoisotopic (exact) mass is 285 g/mol. The van der Waals surface area contributed by atoms with Gasteiger partial charge in [-0.15, -0.1) is 11.3 Å². The second kappa shape index (κ2) is 6.85. The van der Waals surface area contributed by atoms with Gasteiger partial charge in [0.2, 0.25) is 0 Å². The maximum Gasteiger partial charge on any atom is 0.264 e. The summed E-state index contributed by atoms with van der Waals surface area (Å²) in [4.78, 5) is 19.5. The molecule has 0 aromatic carbocycles. The molecule has 0 saturated carbocycles. The molecule has 0 atom stereocenters. The summed E-state index contributed by atoms with van der Waals surface area (Å²) < 4.78 is 0. The first-order valence-corrected chi connectivity index (χ1v) is 6.95. The quantitative estimate of drug-likeness (QED) is 0.874. The molecule has 0 bridgehead atoms. The molecule has 2 rings (SSSR count). The first kappa shape index (κ1) is 14.3. The Hall–Kier alpha value is -2.16. The molecule has 0 unspecified atom stereocenters. The van der Waals surface area contributed by atoms with E-state index in [1.165, 1.54) is 11.3 Å². The number of carbonyl (C=O) groups excluding carboxylic acids is 1. The Kier molecular flexibility index (Phi) is 4.88. The summed E-state index contributed by atoms with van der Waals surface area (Å²) in [5.74, 6) is 5.70. The van der Waals surface area contributed by atoms with Crippen LogP contribution in [0.2, 0.25) is 0 Å². The van der Waals surface area contributed by atoms with Crippen LogP contribution in [0.25, 0.3) is 0 Å². The molecule has 1 amide bonds. The molecule has 0 aliphatic rings. The summed E-state index contributed by atoms with van der Waals surface area (Å²) >= 11 is 1.38. The molecule has 0 spiro atoms. The second-order valence-electron chi connectivity index (χ2n) is 4.19. The largest absolute Gasteiger partial charge is 0.337 e. The number of nitrogens with zero attached hydrogens (tertiary/aromatic N) is 2. The van der Waals surface area contributed by atoms with E-state index in [1.807, 2.05) is 18.2 Å². The molecule has 0 aliphatic carbocycles. The first-order chi connectivity index (χ1) is 9.70. The fourth-order valence-electron chi connectivity index (χ4n) is 1.68. The van der Waals surface area contributed by atoms with Gasteiger partial charge in [0.15, 0.2) is 0 Å². The van der Waals surface area contributed by atoms with Crippen LogP contribution in [-0.4, -0.2) is 29.4 Å². The number of carbonyl (C=O) groups is 1. The van der Waals surface area contributed by atoms with Crippen LogP contribution in [0.3, 0.4) is 0 Å². The van der Waals surface area contributed by atoms with Crippen molar-refractivity contribution >= 4 is 17.2 Å². The van der Waals surface area contributed by atoms with E-state index in [1.54, 1.807) is 30.4 Å². The highest BCUT2D eigenvalue weighted by Crippen LogP contribution is 2.17. The number of hydrogen-bond acceptors (Lipinski definition) is 4. The van der Waals surface area contributed by atoms with E-state index >= 15 is 0 Å². The highest BCUT2D eigenvalue weighted by Gasteiger charge is 2.14. The van der Waals surface area contributed by atoms with Crippen LogP contribution >= 0.6 is 11.3 Å². The van der Waals surface area contributed by atoms with Crippen LogP contribution in [0.1, 0.15) is 20.1 Å². The number of hydrogen-bond donors (Lipinski definition) is 1. The maximum absolute atomic E-state index is 12.3. The Labute approximate surface area is 122 Å². The SMILES string of the molecule is CN(Cc1cccnc1)C(=O)c1ccc(C#CCN)s1. The van der Waals surface area contributed by atoms with Crippen LogP contribution in [0.15, 0.2) is 36.7 Å². The maximum atomic E-state index is 12.3. The fourth-order valence-corrected chi connectivity index (χ4v) is 2.56. The fraction of sp³-hybridized carbons (Fsp3) is 0.200. The number of thiophene rings is 1. The van der Waals surface area contributed by atoms with E-state index in [9.17, 15) is 4.79 Å². The van der Waals surface area contributed by atoms with Crippen molar-refractivity contribution in [1.82, 2.24) is 9.88 Å². The molecule has 0 radical (unpaired) electrons. The zero-order valence-corrected chi connectivity index (χ0v) is 12.0. The summed E-state index contributed by atoms with van der Waals surface area (Å²) in [6, 6.07) is 7.45. The summed E-state index contributed by atoms with van der Waals surface area (Å²) in [5, 5.41) is 0. The third-order valence-corrected chi connectivity index (χ3v) is 3.61. The zero-order valence-electron chi connectivity index (χ0n) is 11.2. The molecule has 20 heavy (non-hydrogen) atoms. The minimum Gasteiger partial charge on any atom is -0.337 e. The predicted molar refractivity (Wildman–Crippen MR) is 80.3 cm³/mol. The van der Waals surface area contributed by atoms with Crippen molar-refractivity contribution < 1.29 is 4.79 Å². The van der Waals surface area contributed by atoms with Crippen LogP contribution < -0.4 is 5.73 Å². The van der Waals surface area contributed by atoms with E-state index in [0.29, 0.717) is 18.0 Å². The predicted octanol–water partition coefficient (Wildman–Crippen LogP) is 1.73. The lowest BCUT2D eigenvalue weighted by Crippen LogP contribution is -2.25. The average Bonchev–Trinajstić information content (AvgIpc) is 2.94. The smallest absolute Gasteiger partial charge is 0.264 e. The third-order valence-electron chi connectivity index (χ3n) is 2.62. The van der Waals surface area contributed by atoms with Crippen LogP contribution in [0.4, 0.5) is 0 Å². The average molecular weight is 285 g/mol. The van der Waals surface area contributed by atoms with Gasteiger partial charge in [-0.25, -0.2) is 0 Å². The number of pyridine rings is 1. The molecule has 2 aromatic heterocycles. The van der Waals surface area contributed by atoms with Crippen molar-refractivity contribution in [1.29, 1.82) is 0 Å². The topological polar surface area (TPSA) is 59.2 Å². The lowest BCUT2D eigenvalue weighted by Gasteiger charge is -2.15. The minimum atomic E-state index is -0.0142. The first-order valence-electron chi connectivity index (χ1n) is 6.14. The molecule has 0 saturated heterocycles. The van der Waals surface area contributed by atoms with E-state index in [0.717, 1.165) is 10.4 Å². The van der Waals surface area contributed by atoms with Crippen molar-refractivity contribution in [2.75, 3.05) is 13.6 Å². The lowest BCUT2D eigenvalue weighted by molar-refractivity contribution is 0.0790. The van der Waals surface area contributed by atoms with E-state index in [-0.39, 0.29) is 5.91 Å². The van der Waals surface area contributed by atoms with Gasteiger partial charge >= 0.3 is 0 Å². The summed E-state index contributed by atoms with van der Waals surface area (Å²) in [5.41, 5.74) is 6.33. The molecule has 4 nitrogen and oxygen atoms in total. The zero-order chi connectivity index (χ0) is 14.4. The molecule has 0 fully saturated rings. The van der Waals surface area contributed by atoms with Gasteiger partial charge in [-0.2, -0.15) is 0 Å². The molecule has 102 valence electrons. The van der Waals surface area contributed by atoms with Gasteiger partial charge in [0.1, 0.15) is 0 Å². The van der Waals surface area contributed by atoms with Gasteiger partial charge in [0.05, 0.1) is 16.3 Å².